The van der Waals surface area contributed by atoms with Crippen LogP contribution in [0.2, 0.25) is 0 Å². The summed E-state index contributed by atoms with van der Waals surface area (Å²) in [7, 11) is 0. The number of alkyl halides is 3. The third kappa shape index (κ3) is 22.8. The van der Waals surface area contributed by atoms with Crippen molar-refractivity contribution in [1.29, 1.82) is 0 Å². The van der Waals surface area contributed by atoms with Crippen LogP contribution in [0.4, 0.5) is 0 Å². The largest absolute Gasteiger partial charge is 0.481 e. The lowest BCUT2D eigenvalue weighted by atomic mass is 10.1. The van der Waals surface area contributed by atoms with Gasteiger partial charge in [-0.25, -0.2) is 4.79 Å². The molecule has 18 nitrogen and oxygen atoms in total. The van der Waals surface area contributed by atoms with Gasteiger partial charge in [-0.15, -0.1) is 23.2 Å². The van der Waals surface area contributed by atoms with Gasteiger partial charge < -0.3 is 51.2 Å². The lowest BCUT2D eigenvalue weighted by molar-refractivity contribution is -0.142. The SMILES string of the molecule is O=C(O)CCC(NC(=O)COCCOCCNC(=O)CCC(NC(=O)CBr)C(=O)O)C(=O)N(CCNC(=O)CCl)CCNC(=O)CCl. The van der Waals surface area contributed by atoms with Gasteiger partial charge in [-0.3, -0.25) is 33.6 Å². The number of carboxylic acids is 2. The second kappa shape index (κ2) is 26.8. The van der Waals surface area contributed by atoms with E-state index in [2.05, 4.69) is 42.5 Å². The van der Waals surface area contributed by atoms with Crippen molar-refractivity contribution in [3.05, 3.63) is 0 Å². The van der Waals surface area contributed by atoms with Crippen molar-refractivity contribution in [3.63, 3.8) is 0 Å². The van der Waals surface area contributed by atoms with Crippen LogP contribution >= 0.6 is 39.1 Å². The third-order valence-electron chi connectivity index (χ3n) is 5.83. The molecule has 6 amide bonds. The molecular weight excluding hydrogens is 739 g/mol. The Hall–Kier alpha value is -3.26. The second-order valence-electron chi connectivity index (χ2n) is 9.49. The number of rotatable bonds is 27. The third-order valence-corrected chi connectivity index (χ3v) is 6.83. The van der Waals surface area contributed by atoms with Crippen molar-refractivity contribution >= 4 is 86.5 Å². The summed E-state index contributed by atoms with van der Waals surface area (Å²) in [5.41, 5.74) is 0. The quantitative estimate of drug-likeness (QED) is 0.0345. The highest BCUT2D eigenvalue weighted by molar-refractivity contribution is 9.09. The molecule has 0 saturated carbocycles. The Morgan fingerprint density at radius 3 is 1.72 bits per heavy atom. The molecule has 0 bridgehead atoms. The first-order valence-electron chi connectivity index (χ1n) is 14.3. The summed E-state index contributed by atoms with van der Waals surface area (Å²) < 4.78 is 10.6. The molecule has 7 N–H and O–H groups in total. The number of aliphatic carboxylic acids is 2. The molecule has 2 unspecified atom stereocenters. The van der Waals surface area contributed by atoms with Crippen LogP contribution in [0.3, 0.4) is 0 Å². The molecule has 0 rings (SSSR count). The van der Waals surface area contributed by atoms with Crippen LogP contribution < -0.4 is 26.6 Å². The molecule has 0 aliphatic heterocycles. The zero-order chi connectivity index (χ0) is 35.6. The van der Waals surface area contributed by atoms with E-state index in [0.29, 0.717) is 0 Å². The zero-order valence-corrected chi connectivity index (χ0v) is 28.6. The van der Waals surface area contributed by atoms with Gasteiger partial charge >= 0.3 is 11.9 Å². The Balaban J connectivity index is 4.70. The molecule has 21 heteroatoms. The molecule has 0 heterocycles. The van der Waals surface area contributed by atoms with E-state index in [1.54, 1.807) is 0 Å². The molecule has 0 aromatic rings. The van der Waals surface area contributed by atoms with Crippen LogP contribution in [-0.2, 0) is 47.8 Å². The lowest BCUT2D eigenvalue weighted by Gasteiger charge is -2.28. The molecule has 0 radical (unpaired) electrons. The number of ether oxygens (including phenoxy) is 2. The van der Waals surface area contributed by atoms with E-state index in [9.17, 15) is 38.4 Å². The van der Waals surface area contributed by atoms with E-state index in [-0.39, 0.29) is 88.9 Å². The maximum Gasteiger partial charge on any atom is 0.326 e. The van der Waals surface area contributed by atoms with Crippen LogP contribution in [0.25, 0.3) is 0 Å². The van der Waals surface area contributed by atoms with Crippen LogP contribution in [0.15, 0.2) is 0 Å². The minimum Gasteiger partial charge on any atom is -0.481 e. The Morgan fingerprint density at radius 1 is 0.660 bits per heavy atom. The van der Waals surface area contributed by atoms with Crippen LogP contribution in [0, 0.1) is 0 Å². The molecule has 2 atom stereocenters. The highest BCUT2D eigenvalue weighted by Gasteiger charge is 2.27. The predicted octanol–water partition coefficient (Wildman–Crippen LogP) is -2.23. The van der Waals surface area contributed by atoms with Crippen molar-refractivity contribution in [3.8, 4) is 0 Å². The van der Waals surface area contributed by atoms with Crippen molar-refractivity contribution in [2.75, 3.05) is 76.2 Å². The predicted molar refractivity (Wildman–Crippen MR) is 170 cm³/mol. The Morgan fingerprint density at radius 2 is 1.19 bits per heavy atom. The molecule has 0 saturated heterocycles. The average molecular weight is 780 g/mol. The summed E-state index contributed by atoms with van der Waals surface area (Å²) in [5, 5.41) is 30.4. The Kier molecular flexibility index (Phi) is 24.9. The van der Waals surface area contributed by atoms with E-state index < -0.39 is 72.5 Å². The van der Waals surface area contributed by atoms with E-state index in [0.717, 1.165) is 0 Å². The van der Waals surface area contributed by atoms with Crippen LogP contribution in [0.1, 0.15) is 25.7 Å². The van der Waals surface area contributed by atoms with Gasteiger partial charge in [0.2, 0.25) is 35.4 Å². The molecule has 0 aromatic carbocycles. The summed E-state index contributed by atoms with van der Waals surface area (Å²) >= 11 is 13.8. The maximum atomic E-state index is 13.3. The first-order chi connectivity index (χ1) is 22.3. The molecule has 0 aliphatic rings. The molecular formula is C26H41BrCl2N6O12. The van der Waals surface area contributed by atoms with E-state index in [1.165, 1.54) is 4.90 Å². The molecule has 47 heavy (non-hydrogen) atoms. The van der Waals surface area contributed by atoms with Gasteiger partial charge in [0.25, 0.3) is 0 Å². The fourth-order valence-corrected chi connectivity index (χ4v) is 3.92. The Labute approximate surface area is 289 Å². The molecule has 268 valence electrons. The van der Waals surface area contributed by atoms with Gasteiger partial charge in [0, 0.05) is 45.6 Å². The number of hydrogen-bond donors (Lipinski definition) is 7. The summed E-state index contributed by atoms with van der Waals surface area (Å²) in [6, 6.07) is -2.45. The molecule has 0 fully saturated rings. The van der Waals surface area contributed by atoms with Gasteiger partial charge in [0.05, 0.1) is 25.2 Å². The second-order valence-corrected chi connectivity index (χ2v) is 10.6. The van der Waals surface area contributed by atoms with Crippen molar-refractivity contribution in [2.24, 2.45) is 0 Å². The fourth-order valence-electron chi connectivity index (χ4n) is 3.57. The van der Waals surface area contributed by atoms with Crippen LogP contribution in [-0.4, -0.2) is 151 Å². The minimum atomic E-state index is -1.26. The number of halogens is 3. The van der Waals surface area contributed by atoms with Crippen LogP contribution in [0.5, 0.6) is 0 Å². The van der Waals surface area contributed by atoms with Crippen molar-refractivity contribution in [1.82, 2.24) is 31.5 Å². The van der Waals surface area contributed by atoms with Gasteiger partial charge in [0.15, 0.2) is 0 Å². The average Bonchev–Trinajstić information content (AvgIpc) is 3.04. The van der Waals surface area contributed by atoms with Gasteiger partial charge in [-0.1, -0.05) is 15.9 Å². The normalized spacial score (nSPS) is 11.8. The fraction of sp³-hybridized carbons (Fsp3) is 0.692. The van der Waals surface area contributed by atoms with Gasteiger partial charge in [0.1, 0.15) is 30.5 Å². The number of nitrogens with zero attached hydrogens (tertiary/aromatic N) is 1. The number of amides is 6. The summed E-state index contributed by atoms with van der Waals surface area (Å²) in [5.74, 6) is -6.31. The summed E-state index contributed by atoms with van der Waals surface area (Å²) in [4.78, 5) is 95.6. The molecule has 0 aliphatic carbocycles. The van der Waals surface area contributed by atoms with Crippen molar-refractivity contribution < 1.29 is 58.0 Å². The smallest absolute Gasteiger partial charge is 0.326 e. The topological polar surface area (TPSA) is 259 Å². The standard InChI is InChI=1S/C26H41BrCl2N6O12/c27-13-20(37)34-18(26(44)45)1-3-19(36)32-7-10-46-11-12-47-16-23(40)33-17(2-4-24(41)42)25(43)35(8-5-30-21(38)14-28)9-6-31-22(39)15-29/h17-18H,1-16H2,(H,30,38)(H,31,39)(H,32,36)(H,33,40)(H,34,37)(H,41,42)(H,44,45). The lowest BCUT2D eigenvalue weighted by Crippen LogP contribution is -2.52. The molecule has 0 aromatic heterocycles. The summed E-state index contributed by atoms with van der Waals surface area (Å²) in [6.45, 7) is -0.303. The number of hydrogen-bond acceptors (Lipinski definition) is 10. The van der Waals surface area contributed by atoms with E-state index in [4.69, 9.17) is 42.9 Å². The van der Waals surface area contributed by atoms with Crippen molar-refractivity contribution in [2.45, 2.75) is 37.8 Å². The van der Waals surface area contributed by atoms with E-state index in [1.807, 2.05) is 0 Å². The highest BCUT2D eigenvalue weighted by atomic mass is 79.9. The summed E-state index contributed by atoms with van der Waals surface area (Å²) in [6.07, 6.45) is -0.914. The number of carbonyl (C=O) groups is 8. The van der Waals surface area contributed by atoms with Gasteiger partial charge in [-0.05, 0) is 12.8 Å². The van der Waals surface area contributed by atoms with Gasteiger partial charge in [-0.2, -0.15) is 0 Å². The monoisotopic (exact) mass is 778 g/mol. The minimum absolute atomic E-state index is 0.00951. The number of carboxylic acid groups (broad SMARTS) is 2. The number of nitrogens with one attached hydrogen (secondary N) is 5. The maximum absolute atomic E-state index is 13.3. The zero-order valence-electron chi connectivity index (χ0n) is 25.5. The molecule has 0 spiro atoms. The van der Waals surface area contributed by atoms with E-state index >= 15 is 0 Å². The first-order valence-corrected chi connectivity index (χ1v) is 16.5. The number of carbonyl (C=O) groups excluding carboxylic acids is 6. The Bertz CT molecular complexity index is 1040. The highest BCUT2D eigenvalue weighted by Crippen LogP contribution is 2.05. The first kappa shape index (κ1) is 43.7.